The number of nitrogens with one attached hydrogen (secondary N) is 1. The molecule has 1 amide bonds. The minimum absolute atomic E-state index is 0.151. The van der Waals surface area contributed by atoms with E-state index in [1.165, 1.54) is 22.7 Å². The number of carbonyl (C=O) groups is 1. The molecular weight excluding hydrogens is 262 g/mol. The summed E-state index contributed by atoms with van der Waals surface area (Å²) in [5.74, 6) is -0.151. The first kappa shape index (κ1) is 13.1. The molecule has 86 valence electrons. The van der Waals surface area contributed by atoms with Gasteiger partial charge >= 0.3 is 0 Å². The van der Waals surface area contributed by atoms with Crippen LogP contribution in [0, 0.1) is 0 Å². The van der Waals surface area contributed by atoms with Gasteiger partial charge in [0, 0.05) is 17.0 Å². The fraction of sp³-hybridized carbons (Fsp3) is 0.222. The van der Waals surface area contributed by atoms with Crippen LogP contribution in [0.25, 0.3) is 0 Å². The van der Waals surface area contributed by atoms with Gasteiger partial charge < -0.3 is 5.32 Å². The second kappa shape index (κ2) is 7.37. The summed E-state index contributed by atoms with van der Waals surface area (Å²) in [7, 11) is 0. The van der Waals surface area contributed by atoms with Gasteiger partial charge in [-0.1, -0.05) is 0 Å². The maximum absolute atomic E-state index is 11.4. The van der Waals surface area contributed by atoms with Crippen molar-refractivity contribution < 1.29 is 4.79 Å². The Bertz CT molecular complexity index is 400. The van der Waals surface area contributed by atoms with Crippen molar-refractivity contribution >= 4 is 41.2 Å². The Kier molecular flexibility index (Phi) is 6.05. The van der Waals surface area contributed by atoms with Crippen molar-refractivity contribution in [2.24, 2.45) is 0 Å². The van der Waals surface area contributed by atoms with E-state index in [1.54, 1.807) is 23.3 Å². The summed E-state index contributed by atoms with van der Waals surface area (Å²) in [5, 5.41) is 7.24. The van der Waals surface area contributed by atoms with E-state index < -0.39 is 0 Å². The van der Waals surface area contributed by atoms with Crippen molar-refractivity contribution in [3.05, 3.63) is 33.2 Å². The molecule has 2 heterocycles. The normalized spacial score (nSPS) is 9.12. The van der Waals surface area contributed by atoms with Crippen LogP contribution in [-0.4, -0.2) is 22.1 Å². The lowest BCUT2D eigenvalue weighted by Crippen LogP contribution is -2.22. The van der Waals surface area contributed by atoms with Gasteiger partial charge in [0.15, 0.2) is 0 Å². The fourth-order valence-electron chi connectivity index (χ4n) is 0.911. The van der Waals surface area contributed by atoms with Gasteiger partial charge in [-0.15, -0.1) is 22.7 Å². The summed E-state index contributed by atoms with van der Waals surface area (Å²) in [5.41, 5.74) is 2.10. The van der Waals surface area contributed by atoms with Crippen LogP contribution in [0.2, 0.25) is 0 Å². The minimum atomic E-state index is -0.151. The van der Waals surface area contributed by atoms with Gasteiger partial charge in [-0.2, -0.15) is 12.6 Å². The molecule has 2 aromatic rings. The number of aromatic nitrogens is 2. The lowest BCUT2D eigenvalue weighted by Gasteiger charge is -1.98. The Balaban J connectivity index is 0.000000606. The Morgan fingerprint density at radius 1 is 1.50 bits per heavy atom. The number of rotatable bonds is 3. The van der Waals surface area contributed by atoms with Gasteiger partial charge in [-0.05, 0) is 6.26 Å². The van der Waals surface area contributed by atoms with Gasteiger partial charge in [0.1, 0.15) is 10.7 Å². The molecule has 0 aromatic carbocycles. The SMILES string of the molecule is CS.O=C(NCc1nccs1)c1cscn1. The molecule has 0 saturated heterocycles. The van der Waals surface area contributed by atoms with Gasteiger partial charge in [0.05, 0.1) is 12.1 Å². The number of amides is 1. The summed E-state index contributed by atoms with van der Waals surface area (Å²) >= 11 is 6.45. The highest BCUT2D eigenvalue weighted by atomic mass is 32.1. The third kappa shape index (κ3) is 3.92. The predicted molar refractivity (Wildman–Crippen MR) is 70.3 cm³/mol. The topological polar surface area (TPSA) is 54.9 Å². The van der Waals surface area contributed by atoms with E-state index >= 15 is 0 Å². The molecule has 0 fully saturated rings. The summed E-state index contributed by atoms with van der Waals surface area (Å²) < 4.78 is 0. The van der Waals surface area contributed by atoms with Crippen LogP contribution >= 0.6 is 35.3 Å². The van der Waals surface area contributed by atoms with E-state index in [-0.39, 0.29) is 5.91 Å². The highest BCUT2D eigenvalue weighted by molar-refractivity contribution is 7.79. The summed E-state index contributed by atoms with van der Waals surface area (Å²) in [6.07, 6.45) is 3.41. The third-order valence-corrected chi connectivity index (χ3v) is 2.91. The molecular formula is C9H11N3OS3. The molecule has 0 radical (unpaired) electrons. The van der Waals surface area contributed by atoms with E-state index in [9.17, 15) is 4.79 Å². The molecule has 16 heavy (non-hydrogen) atoms. The van der Waals surface area contributed by atoms with Crippen molar-refractivity contribution in [3.63, 3.8) is 0 Å². The maximum atomic E-state index is 11.4. The Labute approximate surface area is 107 Å². The van der Waals surface area contributed by atoms with Gasteiger partial charge in [-0.3, -0.25) is 4.79 Å². The molecule has 0 spiro atoms. The van der Waals surface area contributed by atoms with Crippen molar-refractivity contribution in [1.82, 2.24) is 15.3 Å². The van der Waals surface area contributed by atoms with Crippen LogP contribution in [0.15, 0.2) is 22.5 Å². The van der Waals surface area contributed by atoms with Gasteiger partial charge in [0.2, 0.25) is 0 Å². The Hall–Kier alpha value is -0.920. The van der Waals surface area contributed by atoms with Crippen LogP contribution in [0.4, 0.5) is 0 Å². The lowest BCUT2D eigenvalue weighted by atomic mass is 10.4. The molecule has 2 rings (SSSR count). The number of thiol groups is 1. The summed E-state index contributed by atoms with van der Waals surface area (Å²) in [6.45, 7) is 0.466. The maximum Gasteiger partial charge on any atom is 0.271 e. The largest absolute Gasteiger partial charge is 0.344 e. The Morgan fingerprint density at radius 2 is 2.31 bits per heavy atom. The molecule has 7 heteroatoms. The third-order valence-electron chi connectivity index (χ3n) is 1.55. The number of nitrogens with zero attached hydrogens (tertiary/aromatic N) is 2. The quantitative estimate of drug-likeness (QED) is 0.842. The molecule has 0 bridgehead atoms. The van der Waals surface area contributed by atoms with Crippen LogP contribution in [-0.2, 0) is 6.54 Å². The van der Waals surface area contributed by atoms with Crippen LogP contribution in [0.3, 0.4) is 0 Å². The van der Waals surface area contributed by atoms with Crippen molar-refractivity contribution in [2.75, 3.05) is 6.26 Å². The number of hydrogen-bond acceptors (Lipinski definition) is 6. The van der Waals surface area contributed by atoms with Crippen LogP contribution in [0.1, 0.15) is 15.5 Å². The zero-order valence-electron chi connectivity index (χ0n) is 8.58. The average Bonchev–Trinajstić information content (AvgIpc) is 3.01. The monoisotopic (exact) mass is 273 g/mol. The molecule has 2 aromatic heterocycles. The second-order valence-corrected chi connectivity index (χ2v) is 4.18. The van der Waals surface area contributed by atoms with E-state index in [2.05, 4.69) is 27.9 Å². The first-order chi connectivity index (χ1) is 7.86. The number of carbonyl (C=O) groups excluding carboxylic acids is 1. The Morgan fingerprint density at radius 3 is 2.88 bits per heavy atom. The summed E-state index contributed by atoms with van der Waals surface area (Å²) in [6, 6.07) is 0. The molecule has 4 nitrogen and oxygen atoms in total. The first-order valence-electron chi connectivity index (χ1n) is 4.36. The molecule has 0 atom stereocenters. The standard InChI is InChI=1S/C8H7N3OS2.CH4S/c12-8(6-4-13-5-11-6)10-3-7-9-1-2-14-7;1-2/h1-2,4-5H,3H2,(H,10,12);2H,1H3. The second-order valence-electron chi connectivity index (χ2n) is 2.48. The van der Waals surface area contributed by atoms with E-state index in [0.717, 1.165) is 5.01 Å². The smallest absolute Gasteiger partial charge is 0.271 e. The van der Waals surface area contributed by atoms with E-state index in [1.807, 2.05) is 5.38 Å². The molecule has 0 aliphatic heterocycles. The zero-order valence-corrected chi connectivity index (χ0v) is 11.1. The van der Waals surface area contributed by atoms with Gasteiger partial charge in [0.25, 0.3) is 5.91 Å². The van der Waals surface area contributed by atoms with Crippen molar-refractivity contribution in [2.45, 2.75) is 6.54 Å². The predicted octanol–water partition coefficient (Wildman–Crippen LogP) is 2.08. The molecule has 0 aliphatic carbocycles. The number of hydrogen-bond donors (Lipinski definition) is 2. The molecule has 0 saturated carbocycles. The highest BCUT2D eigenvalue weighted by Crippen LogP contribution is 2.04. The van der Waals surface area contributed by atoms with Crippen LogP contribution in [0.5, 0.6) is 0 Å². The highest BCUT2D eigenvalue weighted by Gasteiger charge is 2.06. The molecule has 0 unspecified atom stereocenters. The van der Waals surface area contributed by atoms with E-state index in [0.29, 0.717) is 12.2 Å². The van der Waals surface area contributed by atoms with Crippen molar-refractivity contribution in [1.29, 1.82) is 0 Å². The number of thiazole rings is 2. The van der Waals surface area contributed by atoms with E-state index in [4.69, 9.17) is 0 Å². The minimum Gasteiger partial charge on any atom is -0.344 e. The fourth-order valence-corrected chi connectivity index (χ4v) is 2.00. The van der Waals surface area contributed by atoms with Gasteiger partial charge in [-0.25, -0.2) is 9.97 Å². The van der Waals surface area contributed by atoms with Crippen LogP contribution < -0.4 is 5.32 Å². The first-order valence-corrected chi connectivity index (χ1v) is 7.07. The molecule has 1 N–H and O–H groups in total. The van der Waals surface area contributed by atoms with Crippen molar-refractivity contribution in [3.8, 4) is 0 Å². The average molecular weight is 273 g/mol. The summed E-state index contributed by atoms with van der Waals surface area (Å²) in [4.78, 5) is 19.4. The lowest BCUT2D eigenvalue weighted by molar-refractivity contribution is 0.0946. The molecule has 0 aliphatic rings. The zero-order chi connectivity index (χ0) is 11.8.